The molecule has 6 nitrogen and oxygen atoms in total. The van der Waals surface area contributed by atoms with E-state index in [2.05, 4.69) is 30.9 Å². The number of thioether (sulfide) groups is 1. The number of nitrogens with zero attached hydrogens (tertiary/aromatic N) is 3. The zero-order valence-corrected chi connectivity index (χ0v) is 21.7. The fourth-order valence-corrected chi connectivity index (χ4v) is 7.11. The van der Waals surface area contributed by atoms with E-state index in [9.17, 15) is 14.4 Å². The quantitative estimate of drug-likeness (QED) is 0.588. The maximum atomic E-state index is 13.6. The molecule has 1 saturated carbocycles. The number of benzene rings is 1. The van der Waals surface area contributed by atoms with Crippen molar-refractivity contribution < 1.29 is 14.4 Å². The van der Waals surface area contributed by atoms with Gasteiger partial charge in [0.15, 0.2) is 0 Å². The number of hydrogen-bond donors (Lipinski definition) is 0. The largest absolute Gasteiger partial charge is 0.342 e. The van der Waals surface area contributed by atoms with Crippen molar-refractivity contribution in [3.8, 4) is 0 Å². The molecule has 2 saturated heterocycles. The predicted octanol–water partition coefficient (Wildman–Crippen LogP) is 4.82. The predicted molar refractivity (Wildman–Crippen MR) is 139 cm³/mol. The van der Waals surface area contributed by atoms with E-state index in [1.54, 1.807) is 0 Å². The molecule has 0 aromatic heterocycles. The van der Waals surface area contributed by atoms with Crippen LogP contribution in [0.4, 0.5) is 4.79 Å². The van der Waals surface area contributed by atoms with Gasteiger partial charge in [0.1, 0.15) is 5.25 Å². The molecular weight excluding hydrogens is 458 g/mol. The van der Waals surface area contributed by atoms with Crippen molar-refractivity contribution in [3.63, 3.8) is 0 Å². The first-order chi connectivity index (χ1) is 16.9. The second-order valence-electron chi connectivity index (χ2n) is 10.9. The highest BCUT2D eigenvalue weighted by molar-refractivity contribution is 8.03. The first kappa shape index (κ1) is 24.4. The Hall–Kier alpha value is -2.28. The third-order valence-electron chi connectivity index (χ3n) is 8.49. The number of amides is 4. The monoisotopic (exact) mass is 495 g/mol. The summed E-state index contributed by atoms with van der Waals surface area (Å²) in [6, 6.07) is 7.77. The van der Waals surface area contributed by atoms with Gasteiger partial charge in [-0.25, -0.2) is 4.79 Å². The smallest absolute Gasteiger partial charge is 0.327 e. The summed E-state index contributed by atoms with van der Waals surface area (Å²) < 4.78 is 0. The number of urea groups is 1. The van der Waals surface area contributed by atoms with E-state index in [0.29, 0.717) is 24.9 Å². The number of aryl methyl sites for hydroxylation is 1. The molecule has 3 heterocycles. The van der Waals surface area contributed by atoms with Gasteiger partial charge in [0.25, 0.3) is 0 Å². The minimum Gasteiger partial charge on any atom is -0.342 e. The second-order valence-corrected chi connectivity index (χ2v) is 11.9. The highest BCUT2D eigenvalue weighted by Gasteiger charge is 2.48. The average molecular weight is 496 g/mol. The summed E-state index contributed by atoms with van der Waals surface area (Å²) in [4.78, 5) is 45.4. The number of carbonyl (C=O) groups is 3. The number of rotatable bonds is 5. The summed E-state index contributed by atoms with van der Waals surface area (Å²) in [5.41, 5.74) is 2.27. The van der Waals surface area contributed by atoms with Crippen molar-refractivity contribution in [2.24, 2.45) is 17.8 Å². The normalized spacial score (nSPS) is 29.6. The SMILES string of the molecule is Cc1ccccc1CN1C(=O)N(CC2CCC(C(=O)N3CCC(C)CC3)CC2)C(=O)C2SC=CC21. The molecule has 1 aromatic rings. The highest BCUT2D eigenvalue weighted by atomic mass is 32.2. The van der Waals surface area contributed by atoms with E-state index >= 15 is 0 Å². The van der Waals surface area contributed by atoms with Crippen molar-refractivity contribution in [2.75, 3.05) is 19.6 Å². The molecule has 3 aliphatic heterocycles. The second kappa shape index (κ2) is 10.4. The molecule has 0 spiro atoms. The van der Waals surface area contributed by atoms with E-state index in [-0.39, 0.29) is 35.1 Å². The summed E-state index contributed by atoms with van der Waals surface area (Å²) in [6.07, 6.45) is 7.73. The Morgan fingerprint density at radius 1 is 1.03 bits per heavy atom. The standard InChI is InChI=1S/C28H37N3O3S/c1-19-11-14-29(15-12-19)26(32)22-9-7-21(8-10-22)17-31-27(33)25-24(13-16-35-25)30(28(31)34)18-23-6-4-3-5-20(23)2/h3-6,13,16,19,21-22,24-25H,7-12,14-15,17-18H2,1-2H3. The number of hydrogen-bond acceptors (Lipinski definition) is 4. The van der Waals surface area contributed by atoms with Gasteiger partial charge in [0.05, 0.1) is 6.04 Å². The molecule has 3 fully saturated rings. The molecule has 5 rings (SSSR count). The number of carbonyl (C=O) groups excluding carboxylic acids is 3. The van der Waals surface area contributed by atoms with E-state index in [1.807, 2.05) is 28.5 Å². The van der Waals surface area contributed by atoms with Gasteiger partial charge in [-0.1, -0.05) is 37.3 Å². The Bertz CT molecular complexity index is 995. The molecule has 2 unspecified atom stereocenters. The maximum Gasteiger partial charge on any atom is 0.327 e. The van der Waals surface area contributed by atoms with Crippen molar-refractivity contribution in [2.45, 2.75) is 70.2 Å². The minimum atomic E-state index is -0.254. The van der Waals surface area contributed by atoms with Crippen molar-refractivity contribution >= 4 is 29.6 Å². The Morgan fingerprint density at radius 3 is 2.46 bits per heavy atom. The fourth-order valence-electron chi connectivity index (χ4n) is 6.04. The average Bonchev–Trinajstić information content (AvgIpc) is 3.36. The molecular formula is C28H37N3O3S. The van der Waals surface area contributed by atoms with Crippen molar-refractivity contribution in [1.29, 1.82) is 0 Å². The van der Waals surface area contributed by atoms with Gasteiger partial charge in [-0.15, -0.1) is 11.8 Å². The van der Waals surface area contributed by atoms with Crippen LogP contribution in [-0.4, -0.2) is 63.5 Å². The Kier molecular flexibility index (Phi) is 7.24. The lowest BCUT2D eigenvalue weighted by Crippen LogP contribution is -2.62. The van der Waals surface area contributed by atoms with Crippen LogP contribution in [0, 0.1) is 24.7 Å². The van der Waals surface area contributed by atoms with Crippen LogP contribution in [0.3, 0.4) is 0 Å². The topological polar surface area (TPSA) is 60.9 Å². The summed E-state index contributed by atoms with van der Waals surface area (Å²) in [5.74, 6) is 1.35. The molecule has 4 amide bonds. The molecule has 2 atom stereocenters. The van der Waals surface area contributed by atoms with Gasteiger partial charge in [-0.3, -0.25) is 14.5 Å². The first-order valence-corrected chi connectivity index (χ1v) is 14.1. The Labute approximate surface area is 213 Å². The van der Waals surface area contributed by atoms with Crippen LogP contribution in [-0.2, 0) is 16.1 Å². The van der Waals surface area contributed by atoms with Crippen LogP contribution >= 0.6 is 11.8 Å². The molecule has 0 N–H and O–H groups in total. The molecule has 35 heavy (non-hydrogen) atoms. The third kappa shape index (κ3) is 5.02. The molecule has 4 aliphatic rings. The highest BCUT2D eigenvalue weighted by Crippen LogP contribution is 2.37. The van der Waals surface area contributed by atoms with Gasteiger partial charge in [-0.2, -0.15) is 0 Å². The van der Waals surface area contributed by atoms with Crippen LogP contribution in [0.25, 0.3) is 0 Å². The molecule has 1 aliphatic carbocycles. The van der Waals surface area contributed by atoms with E-state index < -0.39 is 0 Å². The molecule has 7 heteroatoms. The van der Waals surface area contributed by atoms with Crippen LogP contribution in [0.5, 0.6) is 0 Å². The molecule has 0 radical (unpaired) electrons. The summed E-state index contributed by atoms with van der Waals surface area (Å²) in [7, 11) is 0. The molecule has 0 bridgehead atoms. The van der Waals surface area contributed by atoms with Crippen LogP contribution < -0.4 is 0 Å². The van der Waals surface area contributed by atoms with E-state index in [1.165, 1.54) is 16.7 Å². The zero-order valence-electron chi connectivity index (χ0n) is 20.9. The third-order valence-corrected chi connectivity index (χ3v) is 9.58. The summed E-state index contributed by atoms with van der Waals surface area (Å²) >= 11 is 1.53. The van der Waals surface area contributed by atoms with Crippen LogP contribution in [0.2, 0.25) is 0 Å². The van der Waals surface area contributed by atoms with Gasteiger partial charge < -0.3 is 9.80 Å². The number of likely N-dealkylation sites (tertiary alicyclic amines) is 1. The van der Waals surface area contributed by atoms with Gasteiger partial charge in [-0.05, 0) is 73.8 Å². The van der Waals surface area contributed by atoms with Gasteiger partial charge >= 0.3 is 6.03 Å². The van der Waals surface area contributed by atoms with Gasteiger partial charge in [0.2, 0.25) is 11.8 Å². The lowest BCUT2D eigenvalue weighted by Gasteiger charge is -2.43. The zero-order chi connectivity index (χ0) is 24.5. The van der Waals surface area contributed by atoms with Crippen molar-refractivity contribution in [3.05, 3.63) is 46.9 Å². The van der Waals surface area contributed by atoms with Crippen molar-refractivity contribution in [1.82, 2.24) is 14.7 Å². The van der Waals surface area contributed by atoms with Crippen LogP contribution in [0.1, 0.15) is 56.6 Å². The van der Waals surface area contributed by atoms with Gasteiger partial charge in [0, 0.05) is 32.1 Å². The van der Waals surface area contributed by atoms with Crippen LogP contribution in [0.15, 0.2) is 35.7 Å². The Morgan fingerprint density at radius 2 is 1.74 bits per heavy atom. The minimum absolute atomic E-state index is 0.0586. The van der Waals surface area contributed by atoms with E-state index in [4.69, 9.17) is 0 Å². The Balaban J connectivity index is 1.22. The summed E-state index contributed by atoms with van der Waals surface area (Å²) in [5, 5.41) is 1.71. The lowest BCUT2D eigenvalue weighted by atomic mass is 9.80. The maximum absolute atomic E-state index is 13.6. The summed E-state index contributed by atoms with van der Waals surface area (Å²) in [6.45, 7) is 7.09. The lowest BCUT2D eigenvalue weighted by molar-refractivity contribution is -0.139. The first-order valence-electron chi connectivity index (χ1n) is 13.2. The number of imide groups is 1. The molecule has 188 valence electrons. The fraction of sp³-hybridized carbons (Fsp3) is 0.607. The van der Waals surface area contributed by atoms with E-state index in [0.717, 1.165) is 62.7 Å². The number of piperidine rings is 1. The molecule has 1 aromatic carbocycles. The number of fused-ring (bicyclic) bond motifs is 1.